The van der Waals surface area contributed by atoms with E-state index in [1.807, 2.05) is 0 Å². The number of hydrogen-bond acceptors (Lipinski definition) is 3. The van der Waals surface area contributed by atoms with E-state index < -0.39 is 17.8 Å². The quantitative estimate of drug-likeness (QED) is 0.863. The van der Waals surface area contributed by atoms with Crippen molar-refractivity contribution in [2.24, 2.45) is 0 Å². The molecule has 1 heterocycles. The second kappa shape index (κ2) is 5.25. The number of aliphatic carboxylic acids is 1. The summed E-state index contributed by atoms with van der Waals surface area (Å²) in [6, 6.07) is 4.95. The number of carboxylic acid groups (broad SMARTS) is 1. The second-order valence-corrected chi connectivity index (χ2v) is 3.94. The Morgan fingerprint density at radius 2 is 2.12 bits per heavy atom. The van der Waals surface area contributed by atoms with E-state index in [1.54, 1.807) is 11.0 Å². The van der Waals surface area contributed by atoms with Gasteiger partial charge in [-0.2, -0.15) is 0 Å². The van der Waals surface area contributed by atoms with Gasteiger partial charge >= 0.3 is 5.97 Å². The summed E-state index contributed by atoms with van der Waals surface area (Å²) in [6.07, 6.45) is 0. The Hall–Kier alpha value is -1.46. The minimum Gasteiger partial charge on any atom is -0.480 e. The Morgan fingerprint density at radius 3 is 2.71 bits per heavy atom. The van der Waals surface area contributed by atoms with Crippen LogP contribution in [0.3, 0.4) is 0 Å². The highest BCUT2D eigenvalue weighted by Crippen LogP contribution is 2.22. The first-order valence-electron chi connectivity index (χ1n) is 5.48. The molecule has 17 heavy (non-hydrogen) atoms. The van der Waals surface area contributed by atoms with Crippen LogP contribution in [0.25, 0.3) is 0 Å². The second-order valence-electron chi connectivity index (χ2n) is 3.94. The van der Waals surface area contributed by atoms with E-state index in [2.05, 4.69) is 0 Å². The lowest BCUT2D eigenvalue weighted by Crippen LogP contribution is -2.42. The lowest BCUT2D eigenvalue weighted by atomic mass is 10.0. The van der Waals surface area contributed by atoms with Gasteiger partial charge in [-0.25, -0.2) is 4.39 Å². The van der Waals surface area contributed by atoms with E-state index in [1.165, 1.54) is 18.2 Å². The van der Waals surface area contributed by atoms with Crippen LogP contribution in [0.1, 0.15) is 11.6 Å². The molecule has 0 radical (unpaired) electrons. The largest absolute Gasteiger partial charge is 0.480 e. The van der Waals surface area contributed by atoms with E-state index >= 15 is 0 Å². The summed E-state index contributed by atoms with van der Waals surface area (Å²) < 4.78 is 18.3. The number of ether oxygens (including phenoxy) is 1. The first-order chi connectivity index (χ1) is 8.18. The minimum absolute atomic E-state index is 0.415. The lowest BCUT2D eigenvalue weighted by Gasteiger charge is -2.32. The average Bonchev–Trinajstić information content (AvgIpc) is 2.30. The normalized spacial score (nSPS) is 18.9. The summed E-state index contributed by atoms with van der Waals surface area (Å²) in [7, 11) is 0. The number of rotatable bonds is 3. The van der Waals surface area contributed by atoms with Gasteiger partial charge in [0.2, 0.25) is 0 Å². The van der Waals surface area contributed by atoms with Crippen molar-refractivity contribution in [3.05, 3.63) is 35.6 Å². The Kier molecular flexibility index (Phi) is 3.71. The van der Waals surface area contributed by atoms with Crippen molar-refractivity contribution in [2.75, 3.05) is 26.3 Å². The molecule has 1 saturated heterocycles. The van der Waals surface area contributed by atoms with Crippen LogP contribution in [0.15, 0.2) is 24.3 Å². The third-order valence-corrected chi connectivity index (χ3v) is 2.81. The number of carbonyl (C=O) groups is 1. The fourth-order valence-corrected chi connectivity index (χ4v) is 2.02. The van der Waals surface area contributed by atoms with Crippen molar-refractivity contribution in [3.63, 3.8) is 0 Å². The van der Waals surface area contributed by atoms with E-state index in [-0.39, 0.29) is 0 Å². The van der Waals surface area contributed by atoms with Gasteiger partial charge in [-0.3, -0.25) is 9.69 Å². The van der Waals surface area contributed by atoms with Gasteiger partial charge in [0, 0.05) is 13.1 Å². The molecule has 4 nitrogen and oxygen atoms in total. The van der Waals surface area contributed by atoms with Crippen molar-refractivity contribution in [3.8, 4) is 0 Å². The summed E-state index contributed by atoms with van der Waals surface area (Å²) in [5.41, 5.74) is 0.472. The van der Waals surface area contributed by atoms with E-state index in [4.69, 9.17) is 4.74 Å². The predicted octanol–water partition coefficient (Wildman–Crippen LogP) is 1.28. The zero-order chi connectivity index (χ0) is 12.3. The molecule has 0 amide bonds. The maximum absolute atomic E-state index is 13.1. The Morgan fingerprint density at radius 1 is 1.41 bits per heavy atom. The van der Waals surface area contributed by atoms with Crippen LogP contribution >= 0.6 is 0 Å². The van der Waals surface area contributed by atoms with Gasteiger partial charge in [0.15, 0.2) is 0 Å². The first kappa shape index (κ1) is 12.0. The van der Waals surface area contributed by atoms with Crippen molar-refractivity contribution in [2.45, 2.75) is 6.04 Å². The topological polar surface area (TPSA) is 49.8 Å². The first-order valence-corrected chi connectivity index (χ1v) is 5.48. The van der Waals surface area contributed by atoms with E-state index in [0.717, 1.165) is 0 Å². The average molecular weight is 239 g/mol. The van der Waals surface area contributed by atoms with Crippen LogP contribution in [0.5, 0.6) is 0 Å². The molecular weight excluding hydrogens is 225 g/mol. The van der Waals surface area contributed by atoms with Gasteiger partial charge < -0.3 is 9.84 Å². The molecule has 0 aliphatic carbocycles. The Balaban J connectivity index is 2.25. The van der Waals surface area contributed by atoms with Crippen molar-refractivity contribution in [1.82, 2.24) is 4.90 Å². The highest BCUT2D eigenvalue weighted by molar-refractivity contribution is 5.75. The van der Waals surface area contributed by atoms with Crippen LogP contribution in [0.4, 0.5) is 4.39 Å². The molecule has 1 aromatic carbocycles. The third-order valence-electron chi connectivity index (χ3n) is 2.81. The molecule has 5 heteroatoms. The summed E-state index contributed by atoms with van der Waals surface area (Å²) in [5.74, 6) is -1.38. The van der Waals surface area contributed by atoms with Crippen LogP contribution in [-0.4, -0.2) is 42.3 Å². The molecule has 92 valence electrons. The number of morpholine rings is 1. The number of benzene rings is 1. The molecule has 1 aliphatic rings. The molecule has 1 N–H and O–H groups in total. The van der Waals surface area contributed by atoms with Crippen LogP contribution < -0.4 is 0 Å². The SMILES string of the molecule is O=C(O)[C@@H](c1cccc(F)c1)N1CCOCC1. The van der Waals surface area contributed by atoms with E-state index in [9.17, 15) is 14.3 Å². The number of halogens is 1. The Bertz CT molecular complexity index is 404. The van der Waals surface area contributed by atoms with Crippen molar-refractivity contribution in [1.29, 1.82) is 0 Å². The van der Waals surface area contributed by atoms with Crippen LogP contribution in [-0.2, 0) is 9.53 Å². The van der Waals surface area contributed by atoms with Gasteiger partial charge in [0.1, 0.15) is 11.9 Å². The van der Waals surface area contributed by atoms with Crippen LogP contribution in [0, 0.1) is 5.82 Å². The third kappa shape index (κ3) is 2.81. The molecule has 1 aliphatic heterocycles. The summed E-state index contributed by atoms with van der Waals surface area (Å²) in [5, 5.41) is 9.26. The molecule has 0 bridgehead atoms. The summed E-state index contributed by atoms with van der Waals surface area (Å²) >= 11 is 0. The van der Waals surface area contributed by atoms with Crippen molar-refractivity contribution < 1.29 is 19.0 Å². The zero-order valence-electron chi connectivity index (χ0n) is 9.30. The number of hydrogen-bond donors (Lipinski definition) is 1. The molecule has 1 aromatic rings. The smallest absolute Gasteiger partial charge is 0.325 e. The van der Waals surface area contributed by atoms with Gasteiger partial charge in [0.25, 0.3) is 0 Å². The zero-order valence-corrected chi connectivity index (χ0v) is 9.30. The highest BCUT2D eigenvalue weighted by Gasteiger charge is 2.28. The molecule has 0 unspecified atom stereocenters. The maximum Gasteiger partial charge on any atom is 0.325 e. The molecular formula is C12H14FNO3. The van der Waals surface area contributed by atoms with Gasteiger partial charge in [0.05, 0.1) is 13.2 Å². The highest BCUT2D eigenvalue weighted by atomic mass is 19.1. The standard InChI is InChI=1S/C12H14FNO3/c13-10-3-1-2-9(8-10)11(12(15)16)14-4-6-17-7-5-14/h1-3,8,11H,4-7H2,(H,15,16)/t11-/m1/s1. The summed E-state index contributed by atoms with van der Waals surface area (Å²) in [6.45, 7) is 2.12. The number of carboxylic acids is 1. The van der Waals surface area contributed by atoms with E-state index in [0.29, 0.717) is 31.9 Å². The molecule has 1 fully saturated rings. The molecule has 1 atom stereocenters. The van der Waals surface area contributed by atoms with Gasteiger partial charge in [-0.15, -0.1) is 0 Å². The predicted molar refractivity (Wildman–Crippen MR) is 59.2 cm³/mol. The maximum atomic E-state index is 13.1. The fraction of sp³-hybridized carbons (Fsp3) is 0.417. The molecule has 0 spiro atoms. The fourth-order valence-electron chi connectivity index (χ4n) is 2.02. The van der Waals surface area contributed by atoms with Gasteiger partial charge in [-0.1, -0.05) is 12.1 Å². The molecule has 0 aromatic heterocycles. The van der Waals surface area contributed by atoms with Gasteiger partial charge in [-0.05, 0) is 17.7 Å². The van der Waals surface area contributed by atoms with Crippen molar-refractivity contribution >= 4 is 5.97 Å². The number of nitrogens with zero attached hydrogens (tertiary/aromatic N) is 1. The van der Waals surface area contributed by atoms with Crippen LogP contribution in [0.2, 0.25) is 0 Å². The molecule has 2 rings (SSSR count). The Labute approximate surface area is 98.6 Å². The summed E-state index contributed by atoms with van der Waals surface area (Å²) in [4.78, 5) is 13.1. The monoisotopic (exact) mass is 239 g/mol. The molecule has 0 saturated carbocycles. The lowest BCUT2D eigenvalue weighted by molar-refractivity contribution is -0.145. The minimum atomic E-state index is -0.961.